The fourth-order valence-corrected chi connectivity index (χ4v) is 3.36. The van der Waals surface area contributed by atoms with Crippen LogP contribution in [-0.4, -0.2) is 23.5 Å². The lowest BCUT2D eigenvalue weighted by atomic mass is 10.0. The molecule has 1 aliphatic heterocycles. The summed E-state index contributed by atoms with van der Waals surface area (Å²) in [5.74, 6) is 0.920. The molecule has 1 N–H and O–H groups in total. The number of nitrogens with one attached hydrogen (secondary N) is 1. The van der Waals surface area contributed by atoms with Crippen LogP contribution in [0.4, 0.5) is 5.69 Å². The highest BCUT2D eigenvalue weighted by Crippen LogP contribution is 2.35. The summed E-state index contributed by atoms with van der Waals surface area (Å²) in [6.07, 6.45) is 3.22. The highest BCUT2D eigenvalue weighted by Gasteiger charge is 2.34. The first-order valence-electron chi connectivity index (χ1n) is 9.52. The van der Waals surface area contributed by atoms with Crippen LogP contribution < -0.4 is 10.1 Å². The van der Waals surface area contributed by atoms with Gasteiger partial charge in [-0.15, -0.1) is 0 Å². The van der Waals surface area contributed by atoms with E-state index in [4.69, 9.17) is 4.74 Å². The van der Waals surface area contributed by atoms with E-state index in [1.54, 1.807) is 0 Å². The zero-order valence-electron chi connectivity index (χ0n) is 15.9. The van der Waals surface area contributed by atoms with E-state index in [1.165, 1.54) is 12.8 Å². The number of unbranched alkanes of at least 4 members (excludes halogenated alkanes) is 2. The van der Waals surface area contributed by atoms with Crippen molar-refractivity contribution >= 4 is 11.6 Å². The number of ether oxygens (including phenoxy) is 1. The van der Waals surface area contributed by atoms with Crippen LogP contribution in [0.25, 0.3) is 0 Å². The lowest BCUT2D eigenvalue weighted by molar-refractivity contribution is 0.0616. The van der Waals surface area contributed by atoms with Crippen LogP contribution in [0.5, 0.6) is 5.75 Å². The topological polar surface area (TPSA) is 41.6 Å². The van der Waals surface area contributed by atoms with Gasteiger partial charge in [-0.2, -0.15) is 0 Å². The molecule has 0 fully saturated rings. The number of anilines is 1. The van der Waals surface area contributed by atoms with E-state index < -0.39 is 0 Å². The largest absolute Gasteiger partial charge is 0.494 e. The summed E-state index contributed by atoms with van der Waals surface area (Å²) >= 11 is 0. The summed E-state index contributed by atoms with van der Waals surface area (Å²) in [4.78, 5) is 14.9. The Balaban J connectivity index is 1.86. The van der Waals surface area contributed by atoms with Crippen molar-refractivity contribution in [2.45, 2.75) is 52.2 Å². The Morgan fingerprint density at radius 1 is 1.12 bits per heavy atom. The van der Waals surface area contributed by atoms with Crippen molar-refractivity contribution in [2.24, 2.45) is 0 Å². The van der Waals surface area contributed by atoms with E-state index >= 15 is 0 Å². The number of carbonyl (C=O) groups is 1. The molecular weight excluding hydrogens is 324 g/mol. The molecule has 138 valence electrons. The SMILES string of the molecule is CCCCCOc1cccc(C2Nc3ccccc3C(=O)N2C(C)C)c1. The summed E-state index contributed by atoms with van der Waals surface area (Å²) in [6.45, 7) is 7.01. The molecule has 1 unspecified atom stereocenters. The average Bonchev–Trinajstić information content (AvgIpc) is 2.65. The lowest BCUT2D eigenvalue weighted by Crippen LogP contribution is -2.46. The van der Waals surface area contributed by atoms with E-state index in [0.29, 0.717) is 0 Å². The van der Waals surface area contributed by atoms with Crippen LogP contribution in [0.1, 0.15) is 62.1 Å². The van der Waals surface area contributed by atoms with Crippen molar-refractivity contribution in [3.63, 3.8) is 0 Å². The van der Waals surface area contributed by atoms with Gasteiger partial charge in [-0.25, -0.2) is 0 Å². The van der Waals surface area contributed by atoms with E-state index in [9.17, 15) is 4.79 Å². The molecule has 3 rings (SSSR count). The third-order valence-corrected chi connectivity index (χ3v) is 4.71. The minimum absolute atomic E-state index is 0.0635. The molecule has 2 aromatic rings. The van der Waals surface area contributed by atoms with Gasteiger partial charge in [-0.05, 0) is 50.1 Å². The van der Waals surface area contributed by atoms with Crippen molar-refractivity contribution < 1.29 is 9.53 Å². The summed E-state index contributed by atoms with van der Waals surface area (Å²) in [7, 11) is 0. The molecule has 0 spiro atoms. The zero-order chi connectivity index (χ0) is 18.5. The predicted octanol–water partition coefficient (Wildman–Crippen LogP) is 5.23. The van der Waals surface area contributed by atoms with Crippen LogP contribution in [0.15, 0.2) is 48.5 Å². The van der Waals surface area contributed by atoms with Gasteiger partial charge in [0.05, 0.1) is 12.2 Å². The maximum absolute atomic E-state index is 13.0. The third kappa shape index (κ3) is 3.85. The molecule has 0 radical (unpaired) electrons. The number of benzene rings is 2. The Morgan fingerprint density at radius 2 is 1.92 bits per heavy atom. The van der Waals surface area contributed by atoms with Gasteiger partial charge in [-0.1, -0.05) is 44.0 Å². The molecule has 0 aliphatic carbocycles. The van der Waals surface area contributed by atoms with Crippen LogP contribution >= 0.6 is 0 Å². The van der Waals surface area contributed by atoms with E-state index in [2.05, 4.69) is 12.2 Å². The Labute approximate surface area is 156 Å². The zero-order valence-corrected chi connectivity index (χ0v) is 15.9. The molecule has 0 saturated heterocycles. The van der Waals surface area contributed by atoms with Gasteiger partial charge in [0.25, 0.3) is 5.91 Å². The van der Waals surface area contributed by atoms with Crippen molar-refractivity contribution in [2.75, 3.05) is 11.9 Å². The highest BCUT2D eigenvalue weighted by molar-refractivity contribution is 6.01. The summed E-state index contributed by atoms with van der Waals surface area (Å²) in [5, 5.41) is 3.53. The second-order valence-corrected chi connectivity index (χ2v) is 7.03. The molecule has 1 heterocycles. The molecule has 1 atom stereocenters. The van der Waals surface area contributed by atoms with Gasteiger partial charge >= 0.3 is 0 Å². The Bertz CT molecular complexity index is 757. The second-order valence-electron chi connectivity index (χ2n) is 7.03. The molecule has 4 nitrogen and oxygen atoms in total. The number of rotatable bonds is 7. The molecular formula is C22H28N2O2. The van der Waals surface area contributed by atoms with Gasteiger partial charge in [0, 0.05) is 11.7 Å². The fraction of sp³-hybridized carbons (Fsp3) is 0.409. The number of hydrogen-bond acceptors (Lipinski definition) is 3. The maximum Gasteiger partial charge on any atom is 0.258 e. The first kappa shape index (κ1) is 18.3. The molecule has 4 heteroatoms. The van der Waals surface area contributed by atoms with Crippen LogP contribution in [0.3, 0.4) is 0 Å². The third-order valence-electron chi connectivity index (χ3n) is 4.71. The van der Waals surface area contributed by atoms with Crippen molar-refractivity contribution in [1.29, 1.82) is 0 Å². The normalized spacial score (nSPS) is 16.4. The second kappa shape index (κ2) is 8.26. The minimum Gasteiger partial charge on any atom is -0.494 e. The smallest absolute Gasteiger partial charge is 0.258 e. The molecule has 0 aromatic heterocycles. The monoisotopic (exact) mass is 352 g/mol. The van der Waals surface area contributed by atoms with Crippen molar-refractivity contribution in [1.82, 2.24) is 4.90 Å². The molecule has 26 heavy (non-hydrogen) atoms. The molecule has 0 saturated carbocycles. The standard InChI is InChI=1S/C22H28N2O2/c1-4-5-8-14-26-18-11-9-10-17(15-18)21-23-20-13-7-6-12-19(20)22(25)24(21)16(2)3/h6-7,9-13,15-16,21,23H,4-5,8,14H2,1-3H3. The predicted molar refractivity (Wildman–Crippen MR) is 106 cm³/mol. The van der Waals surface area contributed by atoms with Gasteiger partial charge < -0.3 is 15.0 Å². The van der Waals surface area contributed by atoms with E-state index in [0.717, 1.165) is 35.6 Å². The Hall–Kier alpha value is -2.49. The maximum atomic E-state index is 13.0. The quantitative estimate of drug-likeness (QED) is 0.694. The Morgan fingerprint density at radius 3 is 2.69 bits per heavy atom. The molecule has 1 aliphatic rings. The number of para-hydroxylation sites is 1. The van der Waals surface area contributed by atoms with Gasteiger partial charge in [0.2, 0.25) is 0 Å². The number of fused-ring (bicyclic) bond motifs is 1. The first-order chi connectivity index (χ1) is 12.6. The molecule has 2 aromatic carbocycles. The van der Waals surface area contributed by atoms with Crippen LogP contribution in [0.2, 0.25) is 0 Å². The van der Waals surface area contributed by atoms with Gasteiger partial charge in [0.1, 0.15) is 11.9 Å². The van der Waals surface area contributed by atoms with Crippen LogP contribution in [0, 0.1) is 0 Å². The summed E-state index contributed by atoms with van der Waals surface area (Å²) < 4.78 is 5.90. The average molecular weight is 352 g/mol. The summed E-state index contributed by atoms with van der Waals surface area (Å²) in [6, 6.07) is 15.8. The van der Waals surface area contributed by atoms with Crippen molar-refractivity contribution in [3.05, 3.63) is 59.7 Å². The number of nitrogens with zero attached hydrogens (tertiary/aromatic N) is 1. The molecule has 0 bridgehead atoms. The lowest BCUT2D eigenvalue weighted by Gasteiger charge is -2.40. The highest BCUT2D eigenvalue weighted by atomic mass is 16.5. The number of hydrogen-bond donors (Lipinski definition) is 1. The Kier molecular flexibility index (Phi) is 5.82. The summed E-state index contributed by atoms with van der Waals surface area (Å²) in [5.41, 5.74) is 2.65. The minimum atomic E-state index is -0.198. The first-order valence-corrected chi connectivity index (χ1v) is 9.52. The van der Waals surface area contributed by atoms with Gasteiger partial charge in [-0.3, -0.25) is 4.79 Å². The number of carbonyl (C=O) groups excluding carboxylic acids is 1. The molecule has 1 amide bonds. The van der Waals surface area contributed by atoms with Gasteiger partial charge in [0.15, 0.2) is 0 Å². The number of amides is 1. The van der Waals surface area contributed by atoms with E-state index in [-0.39, 0.29) is 18.1 Å². The van der Waals surface area contributed by atoms with E-state index in [1.807, 2.05) is 67.3 Å². The van der Waals surface area contributed by atoms with Crippen molar-refractivity contribution in [3.8, 4) is 5.75 Å². The fourth-order valence-electron chi connectivity index (χ4n) is 3.36. The van der Waals surface area contributed by atoms with Crippen LogP contribution in [-0.2, 0) is 0 Å².